The molecule has 6 heteroatoms. The average Bonchev–Trinajstić information content (AvgIpc) is 2.68. The Balaban J connectivity index is 1.75. The van der Waals surface area contributed by atoms with Crippen LogP contribution in [-0.2, 0) is 4.79 Å². The second-order valence-electron chi connectivity index (χ2n) is 5.00. The summed E-state index contributed by atoms with van der Waals surface area (Å²) in [5, 5.41) is 2.87. The highest BCUT2D eigenvalue weighted by molar-refractivity contribution is 7.80. The summed E-state index contributed by atoms with van der Waals surface area (Å²) in [4.78, 5) is 13.9. The third-order valence-corrected chi connectivity index (χ3v) is 3.65. The van der Waals surface area contributed by atoms with Gasteiger partial charge in [0.25, 0.3) is 0 Å². The molecule has 0 aliphatic carbocycles. The molecule has 1 aromatic carbocycles. The van der Waals surface area contributed by atoms with Crippen molar-refractivity contribution < 1.29 is 9.53 Å². The number of amides is 1. The van der Waals surface area contributed by atoms with Gasteiger partial charge in [0.05, 0.1) is 12.2 Å². The maximum absolute atomic E-state index is 11.3. The van der Waals surface area contributed by atoms with Gasteiger partial charge in [-0.05, 0) is 18.6 Å². The standard InChI is InChI=1S/C15H21N3O2S/c16-15(21)12-4-1-2-5-13(12)20-11-3-8-18-9-6-14(19)17-7-10-18/h1-2,4-5H,3,6-11H2,(H2,16,21)(H,17,19). The number of para-hydroxylation sites is 1. The summed E-state index contributed by atoms with van der Waals surface area (Å²) in [7, 11) is 0. The van der Waals surface area contributed by atoms with E-state index in [4.69, 9.17) is 22.7 Å². The fourth-order valence-corrected chi connectivity index (χ4v) is 2.47. The third-order valence-electron chi connectivity index (χ3n) is 3.43. The van der Waals surface area contributed by atoms with E-state index in [1.54, 1.807) is 0 Å². The molecule has 1 aliphatic rings. The highest BCUT2D eigenvalue weighted by Gasteiger charge is 2.12. The first-order valence-electron chi connectivity index (χ1n) is 7.17. The van der Waals surface area contributed by atoms with Gasteiger partial charge in [0, 0.05) is 32.6 Å². The van der Waals surface area contributed by atoms with Crippen LogP contribution in [0.25, 0.3) is 0 Å². The lowest BCUT2D eigenvalue weighted by Gasteiger charge is -2.19. The summed E-state index contributed by atoms with van der Waals surface area (Å²) in [5.74, 6) is 0.872. The second-order valence-corrected chi connectivity index (χ2v) is 5.44. The number of ether oxygens (including phenoxy) is 1. The van der Waals surface area contributed by atoms with Crippen molar-refractivity contribution in [1.29, 1.82) is 0 Å². The van der Waals surface area contributed by atoms with Crippen LogP contribution in [0, 0.1) is 0 Å². The molecule has 0 unspecified atom stereocenters. The maximum Gasteiger partial charge on any atom is 0.221 e. The molecule has 1 aliphatic heterocycles. The van der Waals surface area contributed by atoms with E-state index >= 15 is 0 Å². The molecule has 3 N–H and O–H groups in total. The fourth-order valence-electron chi connectivity index (χ4n) is 2.30. The normalized spacial score (nSPS) is 16.1. The molecule has 0 atom stereocenters. The minimum atomic E-state index is 0.138. The summed E-state index contributed by atoms with van der Waals surface area (Å²) >= 11 is 5.01. The molecule has 1 saturated heterocycles. The number of nitrogens with one attached hydrogen (secondary N) is 1. The molecule has 1 aromatic rings. The molecule has 1 heterocycles. The van der Waals surface area contributed by atoms with E-state index in [1.807, 2.05) is 24.3 Å². The molecule has 0 spiro atoms. The maximum atomic E-state index is 11.3. The molecule has 0 radical (unpaired) electrons. The van der Waals surface area contributed by atoms with Gasteiger partial charge in [-0.15, -0.1) is 0 Å². The van der Waals surface area contributed by atoms with Gasteiger partial charge in [-0.2, -0.15) is 0 Å². The Labute approximate surface area is 130 Å². The fraction of sp³-hybridized carbons (Fsp3) is 0.467. The number of thiocarbonyl (C=S) groups is 1. The van der Waals surface area contributed by atoms with Gasteiger partial charge in [-0.1, -0.05) is 24.4 Å². The van der Waals surface area contributed by atoms with Crippen LogP contribution in [-0.4, -0.2) is 48.6 Å². The van der Waals surface area contributed by atoms with E-state index < -0.39 is 0 Å². The quantitative estimate of drug-likeness (QED) is 0.604. The Morgan fingerprint density at radius 3 is 3.00 bits per heavy atom. The van der Waals surface area contributed by atoms with E-state index in [0.717, 1.165) is 43.9 Å². The van der Waals surface area contributed by atoms with Gasteiger partial charge < -0.3 is 20.7 Å². The Hall–Kier alpha value is -1.66. The topological polar surface area (TPSA) is 67.6 Å². The lowest BCUT2D eigenvalue weighted by Crippen LogP contribution is -2.30. The van der Waals surface area contributed by atoms with Gasteiger partial charge in [-0.3, -0.25) is 4.79 Å². The van der Waals surface area contributed by atoms with Crippen LogP contribution in [0.5, 0.6) is 5.75 Å². The van der Waals surface area contributed by atoms with Crippen LogP contribution in [0.3, 0.4) is 0 Å². The highest BCUT2D eigenvalue weighted by Crippen LogP contribution is 2.17. The van der Waals surface area contributed by atoms with Gasteiger partial charge in [0.2, 0.25) is 5.91 Å². The molecule has 1 amide bonds. The smallest absolute Gasteiger partial charge is 0.221 e. The first-order chi connectivity index (χ1) is 10.2. The minimum absolute atomic E-state index is 0.138. The van der Waals surface area contributed by atoms with E-state index in [1.165, 1.54) is 0 Å². The van der Waals surface area contributed by atoms with Crippen molar-refractivity contribution in [3.63, 3.8) is 0 Å². The monoisotopic (exact) mass is 307 g/mol. The van der Waals surface area contributed by atoms with Crippen LogP contribution in [0.1, 0.15) is 18.4 Å². The number of carbonyl (C=O) groups excluding carboxylic acids is 1. The molecule has 0 saturated carbocycles. The average molecular weight is 307 g/mol. The van der Waals surface area contributed by atoms with Crippen LogP contribution < -0.4 is 15.8 Å². The summed E-state index contributed by atoms with van der Waals surface area (Å²) in [6, 6.07) is 7.54. The first kappa shape index (κ1) is 15.7. The van der Waals surface area contributed by atoms with Crippen molar-refractivity contribution in [3.8, 4) is 5.75 Å². The number of hydrogen-bond acceptors (Lipinski definition) is 4. The second kappa shape index (κ2) is 7.95. The zero-order valence-electron chi connectivity index (χ0n) is 12.0. The Kier molecular flexibility index (Phi) is 5.95. The lowest BCUT2D eigenvalue weighted by molar-refractivity contribution is -0.120. The minimum Gasteiger partial charge on any atom is -0.493 e. The number of rotatable bonds is 6. The summed E-state index contributed by atoms with van der Waals surface area (Å²) in [6.07, 6.45) is 1.48. The van der Waals surface area contributed by atoms with E-state index in [-0.39, 0.29) is 5.91 Å². The molecule has 21 heavy (non-hydrogen) atoms. The van der Waals surface area contributed by atoms with E-state index in [0.29, 0.717) is 18.0 Å². The molecule has 2 rings (SSSR count). The highest BCUT2D eigenvalue weighted by atomic mass is 32.1. The molecular formula is C15H21N3O2S. The Morgan fingerprint density at radius 1 is 1.38 bits per heavy atom. The molecule has 0 bridgehead atoms. The van der Waals surface area contributed by atoms with Crippen molar-refractivity contribution in [2.24, 2.45) is 5.73 Å². The Bertz CT molecular complexity index is 507. The predicted octanol–water partition coefficient (Wildman–Crippen LogP) is 0.912. The largest absolute Gasteiger partial charge is 0.493 e. The van der Waals surface area contributed by atoms with Crippen LogP contribution >= 0.6 is 12.2 Å². The molecule has 114 valence electrons. The lowest BCUT2D eigenvalue weighted by atomic mass is 10.2. The number of benzene rings is 1. The molecule has 5 nitrogen and oxygen atoms in total. The van der Waals surface area contributed by atoms with Crippen molar-refractivity contribution in [2.45, 2.75) is 12.8 Å². The summed E-state index contributed by atoms with van der Waals surface area (Å²) < 4.78 is 5.77. The zero-order valence-corrected chi connectivity index (χ0v) is 12.8. The van der Waals surface area contributed by atoms with Crippen molar-refractivity contribution in [3.05, 3.63) is 29.8 Å². The van der Waals surface area contributed by atoms with Crippen LogP contribution in [0.2, 0.25) is 0 Å². The van der Waals surface area contributed by atoms with Crippen LogP contribution in [0.4, 0.5) is 0 Å². The van der Waals surface area contributed by atoms with Gasteiger partial charge in [-0.25, -0.2) is 0 Å². The van der Waals surface area contributed by atoms with Crippen molar-refractivity contribution >= 4 is 23.1 Å². The Morgan fingerprint density at radius 2 is 2.19 bits per heavy atom. The van der Waals surface area contributed by atoms with Gasteiger partial charge in [0.1, 0.15) is 10.7 Å². The predicted molar refractivity (Wildman–Crippen MR) is 86.5 cm³/mol. The van der Waals surface area contributed by atoms with Crippen molar-refractivity contribution in [1.82, 2.24) is 10.2 Å². The van der Waals surface area contributed by atoms with Gasteiger partial charge in [0.15, 0.2) is 0 Å². The number of nitrogens with zero attached hydrogens (tertiary/aromatic N) is 1. The SMILES string of the molecule is NC(=S)c1ccccc1OCCCN1CCNC(=O)CC1. The molecule has 1 fully saturated rings. The third kappa shape index (κ3) is 4.99. The number of carbonyl (C=O) groups is 1. The van der Waals surface area contributed by atoms with Crippen molar-refractivity contribution in [2.75, 3.05) is 32.8 Å². The van der Waals surface area contributed by atoms with Gasteiger partial charge >= 0.3 is 0 Å². The number of hydrogen-bond donors (Lipinski definition) is 2. The first-order valence-corrected chi connectivity index (χ1v) is 7.58. The number of nitrogens with two attached hydrogens (primary N) is 1. The zero-order chi connectivity index (χ0) is 15.1. The summed E-state index contributed by atoms with van der Waals surface area (Å²) in [5.41, 5.74) is 6.45. The molecular weight excluding hydrogens is 286 g/mol. The van der Waals surface area contributed by atoms with E-state index in [9.17, 15) is 4.79 Å². The molecule has 0 aromatic heterocycles. The summed E-state index contributed by atoms with van der Waals surface area (Å²) in [6.45, 7) is 3.97. The van der Waals surface area contributed by atoms with Crippen LogP contribution in [0.15, 0.2) is 24.3 Å². The van der Waals surface area contributed by atoms with E-state index in [2.05, 4.69) is 10.2 Å².